The molecule has 5 rings (SSSR count). The van der Waals surface area contributed by atoms with Crippen molar-refractivity contribution in [1.29, 1.82) is 0 Å². The number of rotatable bonds is 4. The van der Waals surface area contributed by atoms with Crippen LogP contribution in [0.25, 0.3) is 0 Å². The van der Waals surface area contributed by atoms with Gasteiger partial charge in [-0.05, 0) is 49.3 Å². The van der Waals surface area contributed by atoms with Crippen molar-refractivity contribution in [2.45, 2.75) is 42.0 Å². The molecule has 12 heteroatoms. The lowest BCUT2D eigenvalue weighted by molar-refractivity contribution is -0.0754. The molecular weight excluding hydrogens is 459 g/mol. The average molecular weight is 484 g/mol. The molecule has 3 fully saturated rings. The molecule has 178 valence electrons. The number of aromatic nitrogens is 3. The number of likely N-dealkylation sites (tertiary alicyclic amines) is 2. The van der Waals surface area contributed by atoms with E-state index in [0.717, 1.165) is 37.1 Å². The van der Waals surface area contributed by atoms with E-state index >= 15 is 0 Å². The van der Waals surface area contributed by atoms with E-state index in [2.05, 4.69) is 15.4 Å². The maximum atomic E-state index is 12.8. The highest BCUT2D eigenvalue weighted by Gasteiger charge is 2.54. The summed E-state index contributed by atoms with van der Waals surface area (Å²) in [5.74, 6) is 0.499. The van der Waals surface area contributed by atoms with Gasteiger partial charge in [-0.25, -0.2) is 13.2 Å². The largest absolute Gasteiger partial charge is 0.501 e. The Morgan fingerprint density at radius 3 is 2.64 bits per heavy atom. The number of hydrogen-bond donors (Lipinski definition) is 1. The molecule has 1 N–H and O–H groups in total. The Hall–Kier alpha value is -2.63. The van der Waals surface area contributed by atoms with Crippen LogP contribution in [0.15, 0.2) is 35.4 Å². The molecule has 2 amide bonds. The topological polar surface area (TPSA) is 99.3 Å². The molecule has 2 saturated heterocycles. The zero-order valence-corrected chi connectivity index (χ0v) is 18.6. The molecule has 0 unspecified atom stereocenters. The second-order valence-electron chi connectivity index (χ2n) is 9.56. The quantitative estimate of drug-likeness (QED) is 0.721. The van der Waals surface area contributed by atoms with E-state index < -0.39 is 20.2 Å². The third-order valence-electron chi connectivity index (χ3n) is 7.14. The summed E-state index contributed by atoms with van der Waals surface area (Å²) in [6.45, 7) is 2.73. The smallest absolute Gasteiger partial charge is 0.324 e. The monoisotopic (exact) mass is 483 g/mol. The SMILES string of the molecule is O=C(N1CC[C@H](c2cnn[nH]2)C1)N1CC2(CC(Cc3cccc(S(=O)(=O)C(F)(F)F)c3)C2)C1. The molecule has 1 atom stereocenters. The molecule has 0 radical (unpaired) electrons. The fourth-order valence-electron chi connectivity index (χ4n) is 5.56. The minimum Gasteiger partial charge on any atom is -0.324 e. The second kappa shape index (κ2) is 7.71. The highest BCUT2D eigenvalue weighted by Crippen LogP contribution is 2.53. The van der Waals surface area contributed by atoms with E-state index in [1.165, 1.54) is 6.07 Å². The first-order chi connectivity index (χ1) is 15.6. The highest BCUT2D eigenvalue weighted by molar-refractivity contribution is 7.92. The van der Waals surface area contributed by atoms with Crippen LogP contribution in [0.4, 0.5) is 18.0 Å². The second-order valence-corrected chi connectivity index (χ2v) is 11.5. The van der Waals surface area contributed by atoms with Crippen LogP contribution in [0, 0.1) is 11.3 Å². The Bertz CT molecular complexity index is 1140. The van der Waals surface area contributed by atoms with Crippen LogP contribution < -0.4 is 0 Å². The Kier molecular flexibility index (Phi) is 5.18. The number of halogens is 3. The van der Waals surface area contributed by atoms with Crippen molar-refractivity contribution in [2.24, 2.45) is 11.3 Å². The summed E-state index contributed by atoms with van der Waals surface area (Å²) in [6, 6.07) is 5.17. The zero-order valence-electron chi connectivity index (χ0n) is 17.8. The number of urea groups is 1. The summed E-state index contributed by atoms with van der Waals surface area (Å²) < 4.78 is 61.8. The van der Waals surface area contributed by atoms with E-state index in [1.54, 1.807) is 12.3 Å². The van der Waals surface area contributed by atoms with Gasteiger partial charge in [0, 0.05) is 37.5 Å². The van der Waals surface area contributed by atoms with Gasteiger partial charge in [-0.1, -0.05) is 17.3 Å². The first-order valence-corrected chi connectivity index (χ1v) is 12.3. The summed E-state index contributed by atoms with van der Waals surface area (Å²) in [7, 11) is -5.34. The fourth-order valence-corrected chi connectivity index (χ4v) is 6.40. The van der Waals surface area contributed by atoms with E-state index in [4.69, 9.17) is 0 Å². The van der Waals surface area contributed by atoms with Gasteiger partial charge in [-0.3, -0.25) is 5.10 Å². The minimum atomic E-state index is -5.34. The number of amides is 2. The van der Waals surface area contributed by atoms with Crippen molar-refractivity contribution in [1.82, 2.24) is 25.2 Å². The molecule has 2 aromatic rings. The van der Waals surface area contributed by atoms with Crippen LogP contribution in [0.2, 0.25) is 0 Å². The van der Waals surface area contributed by atoms with Crippen molar-refractivity contribution in [3.05, 3.63) is 41.7 Å². The van der Waals surface area contributed by atoms with E-state index in [1.807, 2.05) is 9.80 Å². The molecule has 1 aliphatic carbocycles. The summed E-state index contributed by atoms with van der Waals surface area (Å²) in [5.41, 5.74) is -3.69. The molecular formula is C21H24F3N5O3S. The number of benzene rings is 1. The maximum absolute atomic E-state index is 12.8. The highest BCUT2D eigenvalue weighted by atomic mass is 32.2. The van der Waals surface area contributed by atoms with Gasteiger partial charge >= 0.3 is 11.5 Å². The van der Waals surface area contributed by atoms with Crippen molar-refractivity contribution >= 4 is 15.9 Å². The first-order valence-electron chi connectivity index (χ1n) is 10.9. The van der Waals surface area contributed by atoms with Crippen LogP contribution in [0.3, 0.4) is 0 Å². The lowest BCUT2D eigenvalue weighted by Gasteiger charge is -2.59. The molecule has 1 aromatic carbocycles. The number of H-pyrrole nitrogens is 1. The number of sulfone groups is 1. The van der Waals surface area contributed by atoms with E-state index in [0.29, 0.717) is 38.2 Å². The molecule has 2 aliphatic heterocycles. The normalized spacial score (nSPS) is 22.9. The molecule has 33 heavy (non-hydrogen) atoms. The van der Waals surface area contributed by atoms with Crippen LogP contribution in [0.5, 0.6) is 0 Å². The van der Waals surface area contributed by atoms with E-state index in [-0.39, 0.29) is 23.3 Å². The number of carbonyl (C=O) groups excluding carboxylic acids is 1. The Balaban J connectivity index is 1.12. The van der Waals surface area contributed by atoms with Gasteiger partial charge in [0.15, 0.2) is 0 Å². The first kappa shape index (κ1) is 22.2. The fraction of sp³-hybridized carbons (Fsp3) is 0.571. The van der Waals surface area contributed by atoms with Crippen LogP contribution in [-0.4, -0.2) is 71.3 Å². The Morgan fingerprint density at radius 1 is 1.21 bits per heavy atom. The average Bonchev–Trinajstić information content (AvgIpc) is 3.39. The van der Waals surface area contributed by atoms with Gasteiger partial charge in [0.1, 0.15) is 0 Å². The lowest BCUT2D eigenvalue weighted by atomic mass is 9.56. The molecule has 1 aromatic heterocycles. The summed E-state index contributed by atoms with van der Waals surface area (Å²) in [5, 5.41) is 10.4. The molecule has 3 aliphatic rings. The van der Waals surface area contributed by atoms with Crippen molar-refractivity contribution < 1.29 is 26.4 Å². The zero-order chi connectivity index (χ0) is 23.4. The number of nitrogens with one attached hydrogen (secondary N) is 1. The summed E-state index contributed by atoms with van der Waals surface area (Å²) in [4.78, 5) is 15.8. The maximum Gasteiger partial charge on any atom is 0.501 e. The van der Waals surface area contributed by atoms with Crippen molar-refractivity contribution in [3.8, 4) is 0 Å². The number of alkyl halides is 3. The van der Waals surface area contributed by atoms with Gasteiger partial charge in [0.25, 0.3) is 9.84 Å². The molecule has 1 spiro atoms. The molecule has 1 saturated carbocycles. The van der Waals surface area contributed by atoms with Gasteiger partial charge < -0.3 is 9.80 Å². The number of nitrogens with zero attached hydrogens (tertiary/aromatic N) is 4. The molecule has 8 nitrogen and oxygen atoms in total. The predicted molar refractivity (Wildman–Crippen MR) is 111 cm³/mol. The lowest BCUT2D eigenvalue weighted by Crippen LogP contribution is -2.65. The predicted octanol–water partition coefficient (Wildman–Crippen LogP) is 2.96. The number of aromatic amines is 1. The van der Waals surface area contributed by atoms with Gasteiger partial charge in [0.2, 0.25) is 0 Å². The van der Waals surface area contributed by atoms with Gasteiger partial charge in [-0.15, -0.1) is 5.10 Å². The third-order valence-corrected chi connectivity index (χ3v) is 8.62. The van der Waals surface area contributed by atoms with E-state index in [9.17, 15) is 26.4 Å². The number of carbonyl (C=O) groups is 1. The van der Waals surface area contributed by atoms with Crippen molar-refractivity contribution in [3.63, 3.8) is 0 Å². The van der Waals surface area contributed by atoms with Gasteiger partial charge in [0.05, 0.1) is 16.8 Å². The minimum absolute atomic E-state index is 0.0455. The standard InChI is InChI=1S/C21H24F3N5O3S/c22-21(23,24)33(31,32)17-3-1-2-14(7-17)6-15-8-20(9-15)12-29(13-20)19(30)28-5-4-16(11-28)18-10-25-27-26-18/h1-3,7,10,15-16H,4-6,8-9,11-13H2,(H,25,26,27)/t16-/m0/s1. The summed E-state index contributed by atoms with van der Waals surface area (Å²) in [6.07, 6.45) is 4.87. The molecule has 0 bridgehead atoms. The number of hydrogen-bond acceptors (Lipinski definition) is 5. The van der Waals surface area contributed by atoms with Crippen LogP contribution in [0.1, 0.15) is 36.4 Å². The van der Waals surface area contributed by atoms with Crippen LogP contribution >= 0.6 is 0 Å². The van der Waals surface area contributed by atoms with Gasteiger partial charge in [-0.2, -0.15) is 13.2 Å². The Morgan fingerprint density at radius 2 is 1.97 bits per heavy atom. The van der Waals surface area contributed by atoms with Crippen LogP contribution in [-0.2, 0) is 16.3 Å². The summed E-state index contributed by atoms with van der Waals surface area (Å²) >= 11 is 0. The Labute approximate surface area is 189 Å². The molecule has 3 heterocycles. The third kappa shape index (κ3) is 3.98. The van der Waals surface area contributed by atoms with Crippen molar-refractivity contribution in [2.75, 3.05) is 26.2 Å².